The molecular formula is C11H20AgO3. The van der Waals surface area contributed by atoms with Gasteiger partial charge in [0.2, 0.25) is 0 Å². The molecule has 0 aromatic carbocycles. The predicted octanol–water partition coefficient (Wildman–Crippen LogP) is 2.61. The molecule has 15 heavy (non-hydrogen) atoms. The normalized spacial score (nSPS) is 13.5. The van der Waals surface area contributed by atoms with Gasteiger partial charge in [0.15, 0.2) is 5.78 Å². The molecule has 3 nitrogen and oxygen atoms in total. The summed E-state index contributed by atoms with van der Waals surface area (Å²) in [6.07, 6.45) is 2.16. The number of hydrogen-bond acceptors (Lipinski definition) is 3. The van der Waals surface area contributed by atoms with E-state index in [-0.39, 0.29) is 40.0 Å². The van der Waals surface area contributed by atoms with Crippen LogP contribution >= 0.6 is 0 Å². The van der Waals surface area contributed by atoms with E-state index in [2.05, 4.69) is 0 Å². The number of aliphatic hydroxyl groups excluding tert-OH is 1. The first-order chi connectivity index (χ1) is 6.47. The molecule has 0 heterocycles. The molecule has 1 atom stereocenters. The summed E-state index contributed by atoms with van der Waals surface area (Å²) >= 11 is 0. The van der Waals surface area contributed by atoms with Crippen molar-refractivity contribution in [3.63, 3.8) is 0 Å². The summed E-state index contributed by atoms with van der Waals surface area (Å²) in [5.74, 6) is -0.0404. The third-order valence-corrected chi connectivity index (χ3v) is 1.70. The number of aliphatic hydroxyl groups is 1. The van der Waals surface area contributed by atoms with Gasteiger partial charge in [-0.05, 0) is 27.2 Å². The number of carbonyl (C=O) groups excluding carboxylic acids is 1. The van der Waals surface area contributed by atoms with Gasteiger partial charge >= 0.3 is 0 Å². The molecule has 0 saturated heterocycles. The van der Waals surface area contributed by atoms with Gasteiger partial charge in [0.25, 0.3) is 0 Å². The molecule has 0 bridgehead atoms. The maximum atomic E-state index is 11.2. The first kappa shape index (κ1) is 17.3. The van der Waals surface area contributed by atoms with Crippen LogP contribution in [-0.2, 0) is 31.9 Å². The Hall–Kier alpha value is -0.0897. The zero-order valence-electron chi connectivity index (χ0n) is 9.71. The maximum Gasteiger partial charge on any atom is 0.159 e. The van der Waals surface area contributed by atoms with Crippen LogP contribution in [0.1, 0.15) is 40.5 Å². The number of rotatable bonds is 6. The largest absolute Gasteiger partial charge is 0.509 e. The van der Waals surface area contributed by atoms with Gasteiger partial charge in [-0.2, -0.15) is 0 Å². The fraction of sp³-hybridized carbons (Fsp3) is 0.727. The van der Waals surface area contributed by atoms with E-state index in [1.165, 1.54) is 6.08 Å². The molecule has 0 fully saturated rings. The Kier molecular flexibility index (Phi) is 10.6. The fourth-order valence-corrected chi connectivity index (χ4v) is 1.08. The molecule has 1 N–H and O–H groups in total. The second-order valence-corrected chi connectivity index (χ2v) is 3.61. The molecule has 0 aromatic heterocycles. The van der Waals surface area contributed by atoms with Crippen LogP contribution in [0, 0.1) is 0 Å². The van der Waals surface area contributed by atoms with Crippen molar-refractivity contribution in [3.8, 4) is 0 Å². The summed E-state index contributed by atoms with van der Waals surface area (Å²) in [5.41, 5.74) is 0. The third-order valence-electron chi connectivity index (χ3n) is 1.70. The molecule has 0 aliphatic carbocycles. The van der Waals surface area contributed by atoms with Crippen LogP contribution in [0.2, 0.25) is 0 Å². The van der Waals surface area contributed by atoms with E-state index in [1.807, 2.05) is 20.8 Å². The molecule has 0 aliphatic rings. The van der Waals surface area contributed by atoms with E-state index in [0.29, 0.717) is 6.42 Å². The number of hydrogen-bond donors (Lipinski definition) is 1. The SMILES string of the molecule is CCCC(=O)/C=C(\O)C(C)OC(C)C.[Ag]. The smallest absolute Gasteiger partial charge is 0.159 e. The van der Waals surface area contributed by atoms with Crippen molar-refractivity contribution < 1.29 is 37.0 Å². The topological polar surface area (TPSA) is 46.5 Å². The minimum absolute atomic E-state index is 0. The first-order valence-electron chi connectivity index (χ1n) is 5.06. The summed E-state index contributed by atoms with van der Waals surface area (Å²) in [6, 6.07) is 0. The molecule has 0 aliphatic heterocycles. The summed E-state index contributed by atoms with van der Waals surface area (Å²) < 4.78 is 5.32. The second kappa shape index (κ2) is 9.16. The van der Waals surface area contributed by atoms with E-state index >= 15 is 0 Å². The van der Waals surface area contributed by atoms with Crippen molar-refractivity contribution in [2.75, 3.05) is 0 Å². The zero-order chi connectivity index (χ0) is 11.1. The van der Waals surface area contributed by atoms with Crippen molar-refractivity contribution in [2.24, 2.45) is 0 Å². The standard InChI is InChI=1S/C11H20O3.Ag/c1-5-6-10(12)7-11(13)9(4)14-8(2)3;/h7-9,13H,5-6H2,1-4H3;/b11-7-;. The van der Waals surface area contributed by atoms with E-state index < -0.39 is 6.10 Å². The van der Waals surface area contributed by atoms with Crippen molar-refractivity contribution >= 4 is 5.78 Å². The van der Waals surface area contributed by atoms with Gasteiger partial charge in [0.1, 0.15) is 11.9 Å². The maximum absolute atomic E-state index is 11.2. The monoisotopic (exact) mass is 307 g/mol. The molecule has 93 valence electrons. The first-order valence-corrected chi connectivity index (χ1v) is 5.06. The zero-order valence-corrected chi connectivity index (χ0v) is 11.2. The fourth-order valence-electron chi connectivity index (χ4n) is 1.08. The summed E-state index contributed by atoms with van der Waals surface area (Å²) in [4.78, 5) is 11.2. The van der Waals surface area contributed by atoms with Crippen LogP contribution in [0.4, 0.5) is 0 Å². The van der Waals surface area contributed by atoms with Gasteiger partial charge in [0.05, 0.1) is 6.10 Å². The average molecular weight is 308 g/mol. The molecule has 4 heteroatoms. The molecule has 0 spiro atoms. The number of ketones is 1. The van der Waals surface area contributed by atoms with Gasteiger partial charge < -0.3 is 9.84 Å². The minimum Gasteiger partial charge on any atom is -0.509 e. The molecular weight excluding hydrogens is 288 g/mol. The van der Waals surface area contributed by atoms with Crippen LogP contribution in [0.25, 0.3) is 0 Å². The van der Waals surface area contributed by atoms with Gasteiger partial charge in [0, 0.05) is 34.9 Å². The summed E-state index contributed by atoms with van der Waals surface area (Å²) in [7, 11) is 0. The van der Waals surface area contributed by atoms with Crippen LogP contribution in [0.15, 0.2) is 11.8 Å². The van der Waals surface area contributed by atoms with E-state index in [0.717, 1.165) is 6.42 Å². The Bertz CT molecular complexity index is 212. The van der Waals surface area contributed by atoms with E-state index in [4.69, 9.17) is 4.74 Å². The van der Waals surface area contributed by atoms with Crippen molar-refractivity contribution in [2.45, 2.75) is 52.7 Å². The van der Waals surface area contributed by atoms with Crippen molar-refractivity contribution in [1.29, 1.82) is 0 Å². The van der Waals surface area contributed by atoms with Crippen molar-refractivity contribution in [1.82, 2.24) is 0 Å². The number of allylic oxidation sites excluding steroid dienone is 1. The third kappa shape index (κ3) is 8.88. The predicted molar refractivity (Wildman–Crippen MR) is 56.3 cm³/mol. The van der Waals surface area contributed by atoms with Crippen LogP contribution in [0.5, 0.6) is 0 Å². The average Bonchev–Trinajstić information content (AvgIpc) is 2.02. The van der Waals surface area contributed by atoms with Crippen LogP contribution < -0.4 is 0 Å². The second-order valence-electron chi connectivity index (χ2n) is 3.61. The molecule has 0 saturated carbocycles. The molecule has 0 rings (SSSR count). The molecule has 0 amide bonds. The molecule has 1 unspecified atom stereocenters. The Morgan fingerprint density at radius 3 is 2.33 bits per heavy atom. The Morgan fingerprint density at radius 2 is 1.93 bits per heavy atom. The molecule has 1 radical (unpaired) electrons. The van der Waals surface area contributed by atoms with Gasteiger partial charge in [-0.1, -0.05) is 6.92 Å². The Morgan fingerprint density at radius 1 is 1.40 bits per heavy atom. The van der Waals surface area contributed by atoms with Crippen LogP contribution in [0.3, 0.4) is 0 Å². The van der Waals surface area contributed by atoms with E-state index in [9.17, 15) is 9.90 Å². The summed E-state index contributed by atoms with van der Waals surface area (Å²) in [6.45, 7) is 7.43. The van der Waals surface area contributed by atoms with Crippen LogP contribution in [-0.4, -0.2) is 23.1 Å². The van der Waals surface area contributed by atoms with Gasteiger partial charge in [-0.15, -0.1) is 0 Å². The quantitative estimate of drug-likeness (QED) is 0.466. The van der Waals surface area contributed by atoms with E-state index in [1.54, 1.807) is 6.92 Å². The number of ether oxygens (including phenoxy) is 1. The summed E-state index contributed by atoms with van der Waals surface area (Å²) in [5, 5.41) is 9.48. The van der Waals surface area contributed by atoms with Gasteiger partial charge in [-0.3, -0.25) is 4.79 Å². The Labute approximate surface area is 107 Å². The minimum atomic E-state index is -0.407. The number of carbonyl (C=O) groups is 1. The van der Waals surface area contributed by atoms with Crippen molar-refractivity contribution in [3.05, 3.63) is 11.8 Å². The molecule has 0 aromatic rings. The van der Waals surface area contributed by atoms with Gasteiger partial charge in [-0.25, -0.2) is 0 Å². The Balaban J connectivity index is 0.